The second-order valence-electron chi connectivity index (χ2n) is 6.88. The van der Waals surface area contributed by atoms with Gasteiger partial charge in [-0.2, -0.15) is 0 Å². The van der Waals surface area contributed by atoms with Crippen LogP contribution in [0.3, 0.4) is 0 Å². The molecular formula is C22H19N3OS. The Kier molecular flexibility index (Phi) is 4.02. The molecule has 1 aliphatic heterocycles. The summed E-state index contributed by atoms with van der Waals surface area (Å²) in [4.78, 5) is 18.2. The third-order valence-corrected chi connectivity index (χ3v) is 6.09. The molecule has 3 heterocycles. The molecule has 0 bridgehead atoms. The maximum absolute atomic E-state index is 12.7. The molecule has 0 saturated carbocycles. The lowest BCUT2D eigenvalue weighted by Gasteiger charge is -2.11. The van der Waals surface area contributed by atoms with Gasteiger partial charge in [0.05, 0.1) is 10.6 Å². The standard InChI is InChI=1S/C22H19N3OS/c26-22(20-13-16-6-1-2-9-19(16)27-20)23-17-8-5-7-15(12-17)18-14-25-11-4-3-10-21(25)24-18/h1-2,5-9,12-14H,3-4,10-11H2,(H,23,26). The maximum atomic E-state index is 12.7. The molecule has 5 heteroatoms. The van der Waals surface area contributed by atoms with Crippen LogP contribution in [0, 0.1) is 0 Å². The van der Waals surface area contributed by atoms with E-state index >= 15 is 0 Å². The average molecular weight is 373 g/mol. The van der Waals surface area contributed by atoms with E-state index in [1.165, 1.54) is 24.2 Å². The lowest BCUT2D eigenvalue weighted by atomic mass is 10.1. The van der Waals surface area contributed by atoms with E-state index in [9.17, 15) is 4.79 Å². The summed E-state index contributed by atoms with van der Waals surface area (Å²) in [6.45, 7) is 1.05. The number of hydrogen-bond acceptors (Lipinski definition) is 3. The van der Waals surface area contributed by atoms with Crippen LogP contribution < -0.4 is 5.32 Å². The van der Waals surface area contributed by atoms with Crippen molar-refractivity contribution in [3.05, 3.63) is 71.5 Å². The first-order chi connectivity index (χ1) is 13.3. The Morgan fingerprint density at radius 3 is 2.89 bits per heavy atom. The minimum Gasteiger partial charge on any atom is -0.334 e. The Morgan fingerprint density at radius 1 is 1.07 bits per heavy atom. The van der Waals surface area contributed by atoms with Gasteiger partial charge in [0.25, 0.3) is 5.91 Å². The number of fused-ring (bicyclic) bond motifs is 2. The number of nitrogens with one attached hydrogen (secondary N) is 1. The Morgan fingerprint density at radius 2 is 2.00 bits per heavy atom. The van der Waals surface area contributed by atoms with Crippen molar-refractivity contribution in [2.75, 3.05) is 5.32 Å². The number of hydrogen-bond donors (Lipinski definition) is 1. The number of amides is 1. The molecule has 0 radical (unpaired) electrons. The van der Waals surface area contributed by atoms with E-state index in [0.29, 0.717) is 0 Å². The lowest BCUT2D eigenvalue weighted by molar-refractivity contribution is 0.103. The molecule has 0 atom stereocenters. The minimum atomic E-state index is -0.0718. The number of imidazole rings is 1. The summed E-state index contributed by atoms with van der Waals surface area (Å²) in [5.41, 5.74) is 2.80. The molecule has 1 amide bonds. The zero-order valence-electron chi connectivity index (χ0n) is 14.8. The summed E-state index contributed by atoms with van der Waals surface area (Å²) >= 11 is 1.52. The van der Waals surface area contributed by atoms with Crippen LogP contribution in [-0.4, -0.2) is 15.5 Å². The van der Waals surface area contributed by atoms with E-state index in [1.807, 2.05) is 54.6 Å². The number of carbonyl (C=O) groups excluding carboxylic acids is 1. The highest BCUT2D eigenvalue weighted by Gasteiger charge is 2.14. The smallest absolute Gasteiger partial charge is 0.265 e. The zero-order valence-corrected chi connectivity index (χ0v) is 15.6. The summed E-state index contributed by atoms with van der Waals surface area (Å²) < 4.78 is 3.38. The number of aryl methyl sites for hydroxylation is 2. The molecule has 1 N–H and O–H groups in total. The average Bonchev–Trinajstić information content (AvgIpc) is 3.32. The van der Waals surface area contributed by atoms with E-state index in [2.05, 4.69) is 16.1 Å². The van der Waals surface area contributed by atoms with Crippen molar-refractivity contribution in [1.29, 1.82) is 0 Å². The Bertz CT molecular complexity index is 1080. The number of anilines is 1. The van der Waals surface area contributed by atoms with Gasteiger partial charge in [0.2, 0.25) is 0 Å². The van der Waals surface area contributed by atoms with E-state index < -0.39 is 0 Å². The topological polar surface area (TPSA) is 46.9 Å². The van der Waals surface area contributed by atoms with Crippen molar-refractivity contribution < 1.29 is 4.79 Å². The first-order valence-electron chi connectivity index (χ1n) is 9.23. The van der Waals surface area contributed by atoms with Crippen molar-refractivity contribution in [2.45, 2.75) is 25.8 Å². The second kappa shape index (κ2) is 6.67. The number of nitrogens with zero attached hydrogens (tertiary/aromatic N) is 2. The van der Waals surface area contributed by atoms with Crippen molar-refractivity contribution >= 4 is 33.0 Å². The molecule has 0 spiro atoms. The molecule has 0 fully saturated rings. The second-order valence-corrected chi connectivity index (χ2v) is 7.96. The quantitative estimate of drug-likeness (QED) is 0.526. The van der Waals surface area contributed by atoms with Gasteiger partial charge in [0.1, 0.15) is 5.82 Å². The lowest BCUT2D eigenvalue weighted by Crippen LogP contribution is -2.09. The van der Waals surface area contributed by atoms with Crippen LogP contribution in [0.1, 0.15) is 28.3 Å². The third-order valence-electron chi connectivity index (χ3n) is 4.97. The number of thiophene rings is 1. The fourth-order valence-corrected chi connectivity index (χ4v) is 4.55. The minimum absolute atomic E-state index is 0.0718. The van der Waals surface area contributed by atoms with Crippen molar-refractivity contribution in [1.82, 2.24) is 9.55 Å². The molecular weight excluding hydrogens is 354 g/mol. The van der Waals surface area contributed by atoms with Crippen LogP contribution >= 0.6 is 11.3 Å². The van der Waals surface area contributed by atoms with E-state index in [1.54, 1.807) is 0 Å². The van der Waals surface area contributed by atoms with E-state index in [4.69, 9.17) is 4.98 Å². The van der Waals surface area contributed by atoms with Gasteiger partial charge < -0.3 is 9.88 Å². The molecule has 134 valence electrons. The molecule has 5 rings (SSSR count). The van der Waals surface area contributed by atoms with Crippen LogP contribution in [0.15, 0.2) is 60.8 Å². The molecule has 4 aromatic rings. The van der Waals surface area contributed by atoms with Gasteiger partial charge >= 0.3 is 0 Å². The fourth-order valence-electron chi connectivity index (χ4n) is 3.59. The van der Waals surface area contributed by atoms with Gasteiger partial charge in [-0.3, -0.25) is 4.79 Å². The molecule has 4 nitrogen and oxygen atoms in total. The molecule has 0 saturated heterocycles. The van der Waals surface area contributed by atoms with Crippen LogP contribution in [-0.2, 0) is 13.0 Å². The molecule has 27 heavy (non-hydrogen) atoms. The van der Waals surface area contributed by atoms with Crippen LogP contribution in [0.25, 0.3) is 21.3 Å². The van der Waals surface area contributed by atoms with Crippen LogP contribution in [0.2, 0.25) is 0 Å². The summed E-state index contributed by atoms with van der Waals surface area (Å²) in [5, 5.41) is 4.13. The highest BCUT2D eigenvalue weighted by molar-refractivity contribution is 7.20. The first kappa shape index (κ1) is 16.3. The van der Waals surface area contributed by atoms with Gasteiger partial charge in [0.15, 0.2) is 0 Å². The normalized spacial score (nSPS) is 13.5. The monoisotopic (exact) mass is 373 g/mol. The number of rotatable bonds is 3. The molecule has 1 aliphatic rings. The van der Waals surface area contributed by atoms with Gasteiger partial charge in [0, 0.05) is 35.1 Å². The number of benzene rings is 2. The van der Waals surface area contributed by atoms with Gasteiger partial charge in [-0.25, -0.2) is 4.98 Å². The predicted molar refractivity (Wildman–Crippen MR) is 110 cm³/mol. The van der Waals surface area contributed by atoms with Gasteiger partial charge in [-0.1, -0.05) is 30.3 Å². The van der Waals surface area contributed by atoms with Crippen LogP contribution in [0.5, 0.6) is 0 Å². The van der Waals surface area contributed by atoms with Crippen molar-refractivity contribution in [3.63, 3.8) is 0 Å². The van der Waals surface area contributed by atoms with Gasteiger partial charge in [-0.15, -0.1) is 11.3 Å². The number of carbonyl (C=O) groups is 1. The third kappa shape index (κ3) is 3.15. The summed E-state index contributed by atoms with van der Waals surface area (Å²) in [6, 6.07) is 17.9. The molecule has 2 aromatic carbocycles. The molecule has 0 unspecified atom stereocenters. The van der Waals surface area contributed by atoms with E-state index in [-0.39, 0.29) is 5.91 Å². The Balaban J connectivity index is 1.40. The maximum Gasteiger partial charge on any atom is 0.265 e. The number of aromatic nitrogens is 2. The summed E-state index contributed by atoms with van der Waals surface area (Å²) in [5.74, 6) is 1.09. The van der Waals surface area contributed by atoms with E-state index in [0.717, 1.165) is 50.7 Å². The fraction of sp³-hybridized carbons (Fsp3) is 0.182. The Hall–Kier alpha value is -2.92. The summed E-state index contributed by atoms with van der Waals surface area (Å²) in [7, 11) is 0. The van der Waals surface area contributed by atoms with Crippen molar-refractivity contribution in [3.8, 4) is 11.3 Å². The SMILES string of the molecule is O=C(Nc1cccc(-c2cn3c(n2)CCCC3)c1)c1cc2ccccc2s1. The Labute approximate surface area is 161 Å². The molecule has 2 aromatic heterocycles. The largest absolute Gasteiger partial charge is 0.334 e. The van der Waals surface area contributed by atoms with Gasteiger partial charge in [-0.05, 0) is 42.5 Å². The highest BCUT2D eigenvalue weighted by atomic mass is 32.1. The molecule has 0 aliphatic carbocycles. The van der Waals surface area contributed by atoms with Crippen LogP contribution in [0.4, 0.5) is 5.69 Å². The first-order valence-corrected chi connectivity index (χ1v) is 10.0. The predicted octanol–water partition coefficient (Wildman–Crippen LogP) is 5.35. The highest BCUT2D eigenvalue weighted by Crippen LogP contribution is 2.28. The van der Waals surface area contributed by atoms with Crippen molar-refractivity contribution in [2.24, 2.45) is 0 Å². The summed E-state index contributed by atoms with van der Waals surface area (Å²) in [6.07, 6.45) is 5.60. The zero-order chi connectivity index (χ0) is 18.2.